The van der Waals surface area contributed by atoms with Crippen molar-refractivity contribution in [1.82, 2.24) is 14.8 Å². The number of thioether (sulfide) groups is 1. The maximum atomic E-state index is 14.3. The van der Waals surface area contributed by atoms with E-state index in [1.54, 1.807) is 18.2 Å². The van der Waals surface area contributed by atoms with E-state index in [1.165, 1.54) is 17.8 Å². The largest absolute Gasteiger partial charge is 0.325 e. The van der Waals surface area contributed by atoms with E-state index in [9.17, 15) is 9.18 Å². The molecule has 4 rings (SSSR count). The lowest BCUT2D eigenvalue weighted by Gasteiger charge is -2.13. The molecule has 0 saturated heterocycles. The Kier molecular flexibility index (Phi) is 5.50. The topological polar surface area (TPSA) is 59.8 Å². The molecule has 5 nitrogen and oxygen atoms in total. The molecule has 2 aromatic carbocycles. The first-order valence-corrected chi connectivity index (χ1v) is 10.6. The van der Waals surface area contributed by atoms with E-state index in [2.05, 4.69) is 31.4 Å². The molecule has 1 heterocycles. The maximum absolute atomic E-state index is 14.3. The van der Waals surface area contributed by atoms with Crippen LogP contribution < -0.4 is 5.32 Å². The molecule has 1 aliphatic rings. The summed E-state index contributed by atoms with van der Waals surface area (Å²) in [5.74, 6) is 0.0723. The number of aromatic nitrogens is 3. The zero-order valence-corrected chi connectivity index (χ0v) is 17.5. The van der Waals surface area contributed by atoms with Gasteiger partial charge in [-0.2, -0.15) is 0 Å². The van der Waals surface area contributed by atoms with Crippen LogP contribution in [0.2, 0.25) is 0 Å². The normalized spacial score (nSPS) is 14.7. The van der Waals surface area contributed by atoms with Gasteiger partial charge in [-0.15, -0.1) is 10.2 Å². The van der Waals surface area contributed by atoms with Crippen molar-refractivity contribution in [2.75, 3.05) is 5.32 Å². The zero-order valence-electron chi connectivity index (χ0n) is 15.1. The zero-order chi connectivity index (χ0) is 19.7. The molecule has 0 radical (unpaired) electrons. The van der Waals surface area contributed by atoms with Gasteiger partial charge in [0.25, 0.3) is 0 Å². The minimum atomic E-state index is -0.376. The number of carbonyl (C=O) groups excluding carboxylic acids is 1. The first kappa shape index (κ1) is 19.1. The number of hydrogen-bond donors (Lipinski definition) is 1. The van der Waals surface area contributed by atoms with Crippen LogP contribution in [0.15, 0.2) is 58.2 Å². The second-order valence-corrected chi connectivity index (χ2v) is 8.87. The van der Waals surface area contributed by atoms with Crippen LogP contribution in [0, 0.1) is 5.82 Å². The first-order chi connectivity index (χ1) is 13.5. The lowest BCUT2D eigenvalue weighted by atomic mass is 10.2. The van der Waals surface area contributed by atoms with Crippen LogP contribution in [0.5, 0.6) is 0 Å². The third kappa shape index (κ3) is 4.12. The van der Waals surface area contributed by atoms with E-state index in [0.717, 1.165) is 23.0 Å². The standard InChI is InChI=1S/C20H18BrFN4OS/c1-12(19(27)23-14-8-6-13(21)7-9-14)28-20-25-24-18(26(20)15-10-11-15)16-4-2-3-5-17(16)22/h2-9,12,15H,10-11H2,1H3,(H,23,27)/t12-/m1/s1. The van der Waals surface area contributed by atoms with Gasteiger partial charge in [-0.1, -0.05) is 39.8 Å². The van der Waals surface area contributed by atoms with Crippen LogP contribution in [-0.2, 0) is 4.79 Å². The Bertz CT molecular complexity index is 1000. The van der Waals surface area contributed by atoms with Crippen LogP contribution in [0.1, 0.15) is 25.8 Å². The molecular formula is C20H18BrFN4OS. The average molecular weight is 461 g/mol. The van der Waals surface area contributed by atoms with Crippen molar-refractivity contribution in [3.63, 3.8) is 0 Å². The van der Waals surface area contributed by atoms with Crippen molar-refractivity contribution in [2.24, 2.45) is 0 Å². The van der Waals surface area contributed by atoms with Gasteiger partial charge in [-0.3, -0.25) is 9.36 Å². The molecule has 144 valence electrons. The number of anilines is 1. The molecule has 8 heteroatoms. The molecule has 1 aromatic heterocycles. The highest BCUT2D eigenvalue weighted by Crippen LogP contribution is 2.42. The van der Waals surface area contributed by atoms with E-state index in [1.807, 2.05) is 35.8 Å². The van der Waals surface area contributed by atoms with Crippen molar-refractivity contribution in [3.05, 3.63) is 58.8 Å². The molecule has 0 bridgehead atoms. The molecule has 0 aliphatic heterocycles. The minimum Gasteiger partial charge on any atom is -0.325 e. The molecule has 1 N–H and O–H groups in total. The van der Waals surface area contributed by atoms with Crippen molar-refractivity contribution >= 4 is 39.3 Å². The van der Waals surface area contributed by atoms with Gasteiger partial charge in [0.15, 0.2) is 11.0 Å². The summed E-state index contributed by atoms with van der Waals surface area (Å²) in [6.45, 7) is 1.83. The number of nitrogens with zero attached hydrogens (tertiary/aromatic N) is 3. The highest BCUT2D eigenvalue weighted by atomic mass is 79.9. The monoisotopic (exact) mass is 460 g/mol. The maximum Gasteiger partial charge on any atom is 0.237 e. The van der Waals surface area contributed by atoms with Crippen LogP contribution in [0.25, 0.3) is 11.4 Å². The Hall–Kier alpha value is -2.19. The summed E-state index contributed by atoms with van der Waals surface area (Å²) in [4.78, 5) is 12.6. The molecule has 0 unspecified atom stereocenters. The summed E-state index contributed by atoms with van der Waals surface area (Å²) in [6.07, 6.45) is 2.01. The van der Waals surface area contributed by atoms with E-state index in [-0.39, 0.29) is 23.0 Å². The lowest BCUT2D eigenvalue weighted by molar-refractivity contribution is -0.115. The quantitative estimate of drug-likeness (QED) is 0.506. The fourth-order valence-corrected chi connectivity index (χ4v) is 4.02. The fourth-order valence-electron chi connectivity index (χ4n) is 2.83. The second-order valence-electron chi connectivity index (χ2n) is 6.64. The van der Waals surface area contributed by atoms with Gasteiger partial charge >= 0.3 is 0 Å². The number of rotatable bonds is 6. The molecule has 3 aromatic rings. The summed E-state index contributed by atoms with van der Waals surface area (Å²) in [5, 5.41) is 11.7. The fraction of sp³-hybridized carbons (Fsp3) is 0.250. The van der Waals surface area contributed by atoms with Gasteiger partial charge in [0.05, 0.1) is 10.8 Å². The number of benzene rings is 2. The van der Waals surface area contributed by atoms with Gasteiger partial charge in [0.2, 0.25) is 5.91 Å². The van der Waals surface area contributed by atoms with Crippen molar-refractivity contribution in [2.45, 2.75) is 36.2 Å². The van der Waals surface area contributed by atoms with Crippen LogP contribution >= 0.6 is 27.7 Å². The van der Waals surface area contributed by atoms with Crippen LogP contribution in [-0.4, -0.2) is 25.9 Å². The molecule has 1 aliphatic carbocycles. The van der Waals surface area contributed by atoms with Gasteiger partial charge < -0.3 is 5.32 Å². The number of hydrogen-bond acceptors (Lipinski definition) is 4. The molecule has 1 atom stereocenters. The van der Waals surface area contributed by atoms with Crippen LogP contribution in [0.3, 0.4) is 0 Å². The predicted molar refractivity (Wildman–Crippen MR) is 112 cm³/mol. The molecule has 1 fully saturated rings. The third-order valence-electron chi connectivity index (χ3n) is 4.45. The lowest BCUT2D eigenvalue weighted by Crippen LogP contribution is -2.22. The molecule has 1 saturated carbocycles. The van der Waals surface area contributed by atoms with Gasteiger partial charge in [0, 0.05) is 16.2 Å². The third-order valence-corrected chi connectivity index (χ3v) is 6.04. The first-order valence-electron chi connectivity index (χ1n) is 8.96. The summed E-state index contributed by atoms with van der Waals surface area (Å²) < 4.78 is 17.2. The van der Waals surface area contributed by atoms with E-state index < -0.39 is 0 Å². The molecule has 0 spiro atoms. The Balaban J connectivity index is 1.54. The van der Waals surface area contributed by atoms with E-state index in [4.69, 9.17) is 0 Å². The Morgan fingerprint density at radius 1 is 1.21 bits per heavy atom. The van der Waals surface area contributed by atoms with Crippen molar-refractivity contribution < 1.29 is 9.18 Å². The second kappa shape index (κ2) is 8.05. The average Bonchev–Trinajstić information content (AvgIpc) is 3.44. The van der Waals surface area contributed by atoms with Crippen molar-refractivity contribution in [1.29, 1.82) is 0 Å². The molecule has 28 heavy (non-hydrogen) atoms. The van der Waals surface area contributed by atoms with E-state index >= 15 is 0 Å². The number of amides is 1. The number of nitrogens with one attached hydrogen (secondary N) is 1. The summed E-state index contributed by atoms with van der Waals surface area (Å²) in [5.41, 5.74) is 1.16. The summed E-state index contributed by atoms with van der Waals surface area (Å²) in [6, 6.07) is 14.2. The van der Waals surface area contributed by atoms with Gasteiger partial charge in [-0.05, 0) is 56.2 Å². The molecular weight excluding hydrogens is 443 g/mol. The SMILES string of the molecule is C[C@@H](Sc1nnc(-c2ccccc2F)n1C1CC1)C(=O)Nc1ccc(Br)cc1. The van der Waals surface area contributed by atoms with Gasteiger partial charge in [-0.25, -0.2) is 4.39 Å². The Morgan fingerprint density at radius 2 is 1.93 bits per heavy atom. The highest BCUT2D eigenvalue weighted by molar-refractivity contribution is 9.10. The Labute approximate surface area is 174 Å². The minimum absolute atomic E-state index is 0.120. The number of carbonyl (C=O) groups is 1. The van der Waals surface area contributed by atoms with Crippen molar-refractivity contribution in [3.8, 4) is 11.4 Å². The molecule has 1 amide bonds. The summed E-state index contributed by atoms with van der Waals surface area (Å²) >= 11 is 4.71. The smallest absolute Gasteiger partial charge is 0.237 e. The highest BCUT2D eigenvalue weighted by Gasteiger charge is 2.32. The van der Waals surface area contributed by atoms with Crippen LogP contribution in [0.4, 0.5) is 10.1 Å². The summed E-state index contributed by atoms with van der Waals surface area (Å²) in [7, 11) is 0. The number of halogens is 2. The predicted octanol–water partition coefficient (Wildman–Crippen LogP) is 5.30. The Morgan fingerprint density at radius 3 is 2.61 bits per heavy atom. The van der Waals surface area contributed by atoms with Gasteiger partial charge in [0.1, 0.15) is 5.82 Å². The van der Waals surface area contributed by atoms with E-state index in [0.29, 0.717) is 16.5 Å².